The van der Waals surface area contributed by atoms with Gasteiger partial charge in [0.25, 0.3) is 11.8 Å². The van der Waals surface area contributed by atoms with E-state index in [1.54, 1.807) is 24.3 Å². The first-order chi connectivity index (χ1) is 19.2. The summed E-state index contributed by atoms with van der Waals surface area (Å²) in [7, 11) is 1.51. The maximum absolute atomic E-state index is 14.2. The zero-order valence-electron chi connectivity index (χ0n) is 23.0. The highest BCUT2D eigenvalue weighted by atomic mass is 79.9. The average Bonchev–Trinajstić information content (AvgIpc) is 3.43. The Morgan fingerprint density at radius 3 is 2.49 bits per heavy atom. The van der Waals surface area contributed by atoms with Crippen LogP contribution in [-0.2, 0) is 12.8 Å². The Balaban J connectivity index is 1.47. The van der Waals surface area contributed by atoms with Crippen LogP contribution in [0.4, 0.5) is 24.0 Å². The fourth-order valence-corrected chi connectivity index (χ4v) is 7.51. The van der Waals surface area contributed by atoms with Crippen molar-refractivity contribution in [1.29, 1.82) is 0 Å². The molecule has 1 aliphatic carbocycles. The molecule has 41 heavy (non-hydrogen) atoms. The molecule has 220 valence electrons. The quantitative estimate of drug-likeness (QED) is 0.278. The maximum atomic E-state index is 14.2. The number of thiophene rings is 1. The number of carbonyl (C=O) groups is 2. The van der Waals surface area contributed by atoms with E-state index in [0.717, 1.165) is 28.0 Å². The number of hydrogen-bond donors (Lipinski definition) is 3. The molecule has 0 radical (unpaired) electrons. The molecule has 3 heterocycles. The number of aromatic nitrogens is 2. The van der Waals surface area contributed by atoms with E-state index in [0.29, 0.717) is 23.7 Å². The number of nitrogens with two attached hydrogens (primary N) is 1. The Kier molecular flexibility index (Phi) is 7.64. The highest BCUT2D eigenvalue weighted by Gasteiger charge is 2.48. The number of carbonyl (C=O) groups excluding carboxylic acids is 2. The zero-order chi connectivity index (χ0) is 29.9. The molecule has 0 fully saturated rings. The first-order valence-corrected chi connectivity index (χ1v) is 14.8. The van der Waals surface area contributed by atoms with Gasteiger partial charge in [-0.2, -0.15) is 18.3 Å². The Morgan fingerprint density at radius 1 is 1.22 bits per heavy atom. The van der Waals surface area contributed by atoms with Crippen molar-refractivity contribution in [2.45, 2.75) is 64.7 Å². The van der Waals surface area contributed by atoms with Crippen LogP contribution in [0.5, 0.6) is 5.75 Å². The predicted molar refractivity (Wildman–Crippen MR) is 155 cm³/mol. The summed E-state index contributed by atoms with van der Waals surface area (Å²) < 4.78 is 48.8. The molecule has 0 unspecified atom stereocenters. The first-order valence-electron chi connectivity index (χ1n) is 13.2. The average molecular weight is 655 g/mol. The van der Waals surface area contributed by atoms with Crippen molar-refractivity contribution in [3.05, 3.63) is 56.0 Å². The lowest BCUT2D eigenvalue weighted by Crippen LogP contribution is -2.35. The highest BCUT2D eigenvalue weighted by Crippen LogP contribution is 2.47. The van der Waals surface area contributed by atoms with Crippen LogP contribution >= 0.6 is 27.3 Å². The van der Waals surface area contributed by atoms with Gasteiger partial charge in [0.15, 0.2) is 11.7 Å². The maximum Gasteiger partial charge on any atom is 0.410 e. The molecule has 2 amide bonds. The molecular formula is C28H31BrF3N5O3S. The fraction of sp³-hybridized carbons (Fsp3) is 0.464. The van der Waals surface area contributed by atoms with Crippen molar-refractivity contribution in [2.24, 2.45) is 17.1 Å². The molecule has 8 nitrogen and oxygen atoms in total. The van der Waals surface area contributed by atoms with Crippen LogP contribution in [0.1, 0.15) is 82.5 Å². The Hall–Kier alpha value is -3.06. The molecule has 4 N–H and O–H groups in total. The van der Waals surface area contributed by atoms with E-state index in [-0.39, 0.29) is 38.4 Å². The summed E-state index contributed by atoms with van der Waals surface area (Å²) in [5, 5.41) is 10.2. The minimum Gasteiger partial charge on any atom is -0.497 e. The van der Waals surface area contributed by atoms with Crippen LogP contribution in [0.15, 0.2) is 28.7 Å². The van der Waals surface area contributed by atoms with Gasteiger partial charge in [-0.15, -0.1) is 11.3 Å². The van der Waals surface area contributed by atoms with Crippen molar-refractivity contribution in [3.63, 3.8) is 0 Å². The third-order valence-electron chi connectivity index (χ3n) is 7.99. The van der Waals surface area contributed by atoms with Gasteiger partial charge >= 0.3 is 6.18 Å². The summed E-state index contributed by atoms with van der Waals surface area (Å²) in [6.07, 6.45) is -2.63. The number of hydrogen-bond acceptors (Lipinski definition) is 6. The van der Waals surface area contributed by atoms with Gasteiger partial charge in [0.05, 0.1) is 23.2 Å². The van der Waals surface area contributed by atoms with Crippen molar-refractivity contribution in [2.75, 3.05) is 17.7 Å². The van der Waals surface area contributed by atoms with Gasteiger partial charge in [0, 0.05) is 11.3 Å². The lowest BCUT2D eigenvalue weighted by atomic mass is 9.72. The number of halogens is 4. The van der Waals surface area contributed by atoms with E-state index >= 15 is 0 Å². The highest BCUT2D eigenvalue weighted by molar-refractivity contribution is 9.10. The summed E-state index contributed by atoms with van der Waals surface area (Å²) in [4.78, 5) is 26.9. The number of nitrogens with zero attached hydrogens (tertiary/aromatic N) is 2. The molecule has 2 aromatic heterocycles. The zero-order valence-corrected chi connectivity index (χ0v) is 25.4. The van der Waals surface area contributed by atoms with Gasteiger partial charge in [-0.1, -0.05) is 32.9 Å². The van der Waals surface area contributed by atoms with E-state index in [1.165, 1.54) is 18.4 Å². The second-order valence-electron chi connectivity index (χ2n) is 11.6. The molecule has 0 spiro atoms. The Bertz CT molecular complexity index is 1490. The van der Waals surface area contributed by atoms with Crippen molar-refractivity contribution < 1.29 is 27.5 Å². The lowest BCUT2D eigenvalue weighted by Gasteiger charge is -2.33. The number of amides is 2. The van der Waals surface area contributed by atoms with E-state index in [9.17, 15) is 22.8 Å². The van der Waals surface area contributed by atoms with E-state index in [2.05, 4.69) is 52.4 Å². The topological polar surface area (TPSA) is 111 Å². The molecule has 13 heteroatoms. The van der Waals surface area contributed by atoms with E-state index < -0.39 is 30.1 Å². The molecule has 3 atom stereocenters. The SMILES string of the molecule is COc1ccc([C@H]2C[C@@H](C(F)(F)F)n3nc(C(=O)Nc4sc5c(c4C(N)=O)CC[C@H](C(C)(C)C)C5)c(Br)c3N2)cc1. The lowest BCUT2D eigenvalue weighted by molar-refractivity contribution is -0.173. The van der Waals surface area contributed by atoms with Gasteiger partial charge in [-0.05, 0) is 69.8 Å². The molecule has 1 aromatic carbocycles. The number of alkyl halides is 3. The first kappa shape index (κ1) is 29.4. The van der Waals surface area contributed by atoms with Crippen molar-refractivity contribution in [3.8, 4) is 5.75 Å². The summed E-state index contributed by atoms with van der Waals surface area (Å²) in [6, 6.07) is 4.11. The summed E-state index contributed by atoms with van der Waals surface area (Å²) in [5.41, 5.74) is 7.30. The minimum atomic E-state index is -4.61. The van der Waals surface area contributed by atoms with Crippen LogP contribution in [-0.4, -0.2) is 34.9 Å². The number of fused-ring (bicyclic) bond motifs is 2. The molecule has 5 rings (SSSR count). The van der Waals surface area contributed by atoms with Gasteiger partial charge in [-0.25, -0.2) is 4.68 Å². The van der Waals surface area contributed by atoms with Crippen molar-refractivity contribution >= 4 is 49.9 Å². The van der Waals surface area contributed by atoms with Crippen LogP contribution in [0.2, 0.25) is 0 Å². The third kappa shape index (κ3) is 5.57. The van der Waals surface area contributed by atoms with Gasteiger partial charge < -0.3 is 21.1 Å². The molecule has 0 bridgehead atoms. The van der Waals surface area contributed by atoms with Crippen LogP contribution < -0.4 is 21.1 Å². The standard InChI is InChI=1S/C28H31BrF3N5O3S/c1-27(2,3)14-7-10-16-18(11-14)41-26(20(16)23(33)38)35-25(39)22-21(29)24-34-17(13-5-8-15(40-4)9-6-13)12-19(28(30,31)32)37(24)36-22/h5-6,8-9,14,17,19,34H,7,10-12H2,1-4H3,(H2,33,38)(H,35,39)/t14-,17+,19-/m0/s1. The van der Waals surface area contributed by atoms with Gasteiger partial charge in [0.1, 0.15) is 16.6 Å². The number of benzene rings is 1. The molecule has 1 aliphatic heterocycles. The number of nitrogens with one attached hydrogen (secondary N) is 2. The van der Waals surface area contributed by atoms with Crippen LogP contribution in [0.25, 0.3) is 0 Å². The van der Waals surface area contributed by atoms with Gasteiger partial charge in [-0.3, -0.25) is 9.59 Å². The third-order valence-corrected chi connectivity index (χ3v) is 9.91. The van der Waals surface area contributed by atoms with E-state index in [4.69, 9.17) is 10.5 Å². The number of ether oxygens (including phenoxy) is 1. The second kappa shape index (κ2) is 10.6. The Morgan fingerprint density at radius 2 is 1.90 bits per heavy atom. The largest absolute Gasteiger partial charge is 0.497 e. The molecule has 3 aromatic rings. The minimum absolute atomic E-state index is 0.0400. The smallest absolute Gasteiger partial charge is 0.410 e. The number of primary amides is 1. The van der Waals surface area contributed by atoms with Gasteiger partial charge in [0.2, 0.25) is 0 Å². The van der Waals surface area contributed by atoms with E-state index in [1.807, 2.05) is 0 Å². The fourth-order valence-electron chi connectivity index (χ4n) is 5.63. The summed E-state index contributed by atoms with van der Waals surface area (Å²) in [6.45, 7) is 6.52. The number of methoxy groups -OCH3 is 1. The summed E-state index contributed by atoms with van der Waals surface area (Å²) in [5.74, 6) is -0.372. The molecule has 2 aliphatic rings. The van der Waals surface area contributed by atoms with Crippen LogP contribution in [0.3, 0.4) is 0 Å². The second-order valence-corrected chi connectivity index (χ2v) is 13.4. The predicted octanol–water partition coefficient (Wildman–Crippen LogP) is 6.88. The number of anilines is 2. The molecule has 0 saturated carbocycles. The van der Waals surface area contributed by atoms with Crippen molar-refractivity contribution in [1.82, 2.24) is 9.78 Å². The monoisotopic (exact) mass is 653 g/mol. The molecule has 0 saturated heterocycles. The Labute approximate surface area is 247 Å². The normalized spacial score (nSPS) is 20.5. The molecular weight excluding hydrogens is 623 g/mol. The number of rotatable bonds is 5. The van der Waals surface area contributed by atoms with Crippen LogP contribution in [0, 0.1) is 11.3 Å². The summed E-state index contributed by atoms with van der Waals surface area (Å²) >= 11 is 4.61.